The number of urea groups is 1. The van der Waals surface area contributed by atoms with Gasteiger partial charge >= 0.3 is 12.2 Å². The van der Waals surface area contributed by atoms with Gasteiger partial charge in [-0.15, -0.1) is 0 Å². The van der Waals surface area contributed by atoms with Crippen LogP contribution in [0.4, 0.5) is 18.0 Å². The topological polar surface area (TPSA) is 46.3 Å². The number of hydrogen-bond acceptors (Lipinski definition) is 1. The largest absolute Gasteiger partial charge is 0.416 e. The molecule has 1 saturated heterocycles. The fourth-order valence-electron chi connectivity index (χ4n) is 2.60. The van der Waals surface area contributed by atoms with Gasteiger partial charge in [0.2, 0.25) is 0 Å². The van der Waals surface area contributed by atoms with Crippen LogP contribution in [0.2, 0.25) is 0 Å². The monoisotopic (exact) mass is 286 g/mol. The second-order valence-electron chi connectivity index (χ2n) is 5.08. The zero-order valence-electron chi connectivity index (χ0n) is 11.0. The molecule has 110 valence electrons. The molecular formula is C14H17F3N2O. The molecule has 20 heavy (non-hydrogen) atoms. The van der Waals surface area contributed by atoms with Gasteiger partial charge in [0.05, 0.1) is 5.56 Å². The number of piperidine rings is 1. The van der Waals surface area contributed by atoms with Crippen molar-refractivity contribution < 1.29 is 18.0 Å². The number of hydrogen-bond donors (Lipinski definition) is 1. The molecule has 0 aliphatic carbocycles. The van der Waals surface area contributed by atoms with Crippen LogP contribution >= 0.6 is 0 Å². The Hall–Kier alpha value is -1.72. The predicted molar refractivity (Wildman–Crippen MR) is 69.1 cm³/mol. The second kappa shape index (κ2) is 5.73. The van der Waals surface area contributed by atoms with Crippen molar-refractivity contribution in [3.05, 3.63) is 35.4 Å². The van der Waals surface area contributed by atoms with Crippen LogP contribution in [-0.2, 0) is 12.6 Å². The number of alkyl halides is 3. The average molecular weight is 286 g/mol. The molecule has 3 nitrogen and oxygen atoms in total. The number of primary amides is 1. The second-order valence-corrected chi connectivity index (χ2v) is 5.08. The van der Waals surface area contributed by atoms with Crippen LogP contribution in [0.5, 0.6) is 0 Å². The van der Waals surface area contributed by atoms with Crippen molar-refractivity contribution >= 4 is 6.03 Å². The summed E-state index contributed by atoms with van der Waals surface area (Å²) < 4.78 is 37.4. The molecule has 1 atom stereocenters. The molecule has 6 heteroatoms. The van der Waals surface area contributed by atoms with E-state index in [1.54, 1.807) is 4.90 Å². The van der Waals surface area contributed by atoms with Crippen molar-refractivity contribution in [1.29, 1.82) is 0 Å². The van der Waals surface area contributed by atoms with E-state index in [4.69, 9.17) is 5.73 Å². The van der Waals surface area contributed by atoms with Gasteiger partial charge in [-0.05, 0) is 43.4 Å². The summed E-state index contributed by atoms with van der Waals surface area (Å²) in [7, 11) is 0. The summed E-state index contributed by atoms with van der Waals surface area (Å²) in [6.45, 7) is 0.626. The SMILES string of the molecule is NC(=O)N1CCCCC1Cc1ccc(C(F)(F)F)cc1. The van der Waals surface area contributed by atoms with E-state index in [-0.39, 0.29) is 6.04 Å². The highest BCUT2D eigenvalue weighted by atomic mass is 19.4. The zero-order chi connectivity index (χ0) is 14.8. The first-order valence-corrected chi connectivity index (χ1v) is 6.60. The molecule has 1 aromatic rings. The van der Waals surface area contributed by atoms with Gasteiger partial charge in [-0.3, -0.25) is 0 Å². The molecule has 0 aromatic heterocycles. The Morgan fingerprint density at radius 1 is 1.25 bits per heavy atom. The molecule has 0 radical (unpaired) electrons. The summed E-state index contributed by atoms with van der Waals surface area (Å²) in [6.07, 6.45) is -1.00. The summed E-state index contributed by atoms with van der Waals surface area (Å²) in [6, 6.07) is 4.62. The van der Waals surface area contributed by atoms with Crippen molar-refractivity contribution in [1.82, 2.24) is 4.90 Å². The van der Waals surface area contributed by atoms with Gasteiger partial charge in [-0.25, -0.2) is 4.79 Å². The van der Waals surface area contributed by atoms with E-state index >= 15 is 0 Å². The third kappa shape index (κ3) is 3.43. The van der Waals surface area contributed by atoms with Crippen LogP contribution in [0.1, 0.15) is 30.4 Å². The van der Waals surface area contributed by atoms with Gasteiger partial charge in [0.25, 0.3) is 0 Å². The fourth-order valence-corrected chi connectivity index (χ4v) is 2.60. The van der Waals surface area contributed by atoms with Gasteiger partial charge in [-0.2, -0.15) is 13.2 Å². The molecule has 1 fully saturated rings. The van der Waals surface area contributed by atoms with Crippen molar-refractivity contribution in [3.63, 3.8) is 0 Å². The van der Waals surface area contributed by atoms with Crippen LogP contribution in [0.3, 0.4) is 0 Å². The van der Waals surface area contributed by atoms with Crippen LogP contribution < -0.4 is 5.73 Å². The summed E-state index contributed by atoms with van der Waals surface area (Å²) in [5, 5.41) is 0. The molecule has 1 aliphatic heterocycles. The maximum absolute atomic E-state index is 12.5. The lowest BCUT2D eigenvalue weighted by atomic mass is 9.95. The minimum Gasteiger partial charge on any atom is -0.351 e. The number of nitrogens with two attached hydrogens (primary N) is 1. The van der Waals surface area contributed by atoms with Crippen LogP contribution in [-0.4, -0.2) is 23.5 Å². The molecule has 2 amide bonds. The summed E-state index contributed by atoms with van der Waals surface area (Å²) >= 11 is 0. The number of carbonyl (C=O) groups is 1. The first-order chi connectivity index (χ1) is 9.38. The average Bonchev–Trinajstić information content (AvgIpc) is 2.38. The lowest BCUT2D eigenvalue weighted by Gasteiger charge is -2.34. The molecule has 1 aliphatic rings. The number of amides is 2. The number of benzene rings is 1. The van der Waals surface area contributed by atoms with Crippen molar-refractivity contribution in [3.8, 4) is 0 Å². The molecule has 0 saturated carbocycles. The van der Waals surface area contributed by atoms with Gasteiger partial charge in [0, 0.05) is 12.6 Å². The van der Waals surface area contributed by atoms with E-state index in [2.05, 4.69) is 0 Å². The quantitative estimate of drug-likeness (QED) is 0.891. The van der Waals surface area contributed by atoms with Crippen LogP contribution in [0.15, 0.2) is 24.3 Å². The first kappa shape index (κ1) is 14.7. The molecule has 2 N–H and O–H groups in total. The summed E-state index contributed by atoms with van der Waals surface area (Å²) in [5.74, 6) is 0. The minimum atomic E-state index is -4.32. The lowest BCUT2D eigenvalue weighted by Crippen LogP contribution is -2.47. The first-order valence-electron chi connectivity index (χ1n) is 6.60. The van der Waals surface area contributed by atoms with E-state index in [1.165, 1.54) is 12.1 Å². The lowest BCUT2D eigenvalue weighted by molar-refractivity contribution is -0.137. The maximum atomic E-state index is 12.5. The molecule has 2 rings (SSSR count). The van der Waals surface area contributed by atoms with Crippen molar-refractivity contribution in [2.24, 2.45) is 5.73 Å². The molecule has 1 aromatic carbocycles. The van der Waals surface area contributed by atoms with Crippen LogP contribution in [0.25, 0.3) is 0 Å². The van der Waals surface area contributed by atoms with Crippen molar-refractivity contribution in [2.75, 3.05) is 6.54 Å². The van der Waals surface area contributed by atoms with Gasteiger partial charge < -0.3 is 10.6 Å². The summed E-state index contributed by atoms with van der Waals surface area (Å²) in [4.78, 5) is 13.0. The van der Waals surface area contributed by atoms with E-state index < -0.39 is 17.8 Å². The number of nitrogens with zero attached hydrogens (tertiary/aromatic N) is 1. The van der Waals surface area contributed by atoms with Gasteiger partial charge in [-0.1, -0.05) is 12.1 Å². The molecule has 0 spiro atoms. The maximum Gasteiger partial charge on any atom is 0.416 e. The highest BCUT2D eigenvalue weighted by Gasteiger charge is 2.30. The Kier molecular flexibility index (Phi) is 4.20. The number of carbonyl (C=O) groups excluding carboxylic acids is 1. The Labute approximate surface area is 115 Å². The molecular weight excluding hydrogens is 269 g/mol. The Balaban J connectivity index is 2.07. The number of rotatable bonds is 2. The van der Waals surface area contributed by atoms with Gasteiger partial charge in [0.1, 0.15) is 0 Å². The number of likely N-dealkylation sites (tertiary alicyclic amines) is 1. The standard InChI is InChI=1S/C14H17F3N2O/c15-14(16,17)11-6-4-10(5-7-11)9-12-3-1-2-8-19(12)13(18)20/h4-7,12H,1-3,8-9H2,(H2,18,20). The third-order valence-electron chi connectivity index (χ3n) is 3.66. The smallest absolute Gasteiger partial charge is 0.351 e. The molecule has 1 heterocycles. The minimum absolute atomic E-state index is 0.0158. The Morgan fingerprint density at radius 3 is 2.45 bits per heavy atom. The highest BCUT2D eigenvalue weighted by Crippen LogP contribution is 2.29. The highest BCUT2D eigenvalue weighted by molar-refractivity contribution is 5.72. The summed E-state index contributed by atoms with van der Waals surface area (Å²) in [5.41, 5.74) is 5.46. The van der Waals surface area contributed by atoms with E-state index in [0.717, 1.165) is 37.0 Å². The predicted octanol–water partition coefficient (Wildman–Crippen LogP) is 3.18. The van der Waals surface area contributed by atoms with E-state index in [1.807, 2.05) is 0 Å². The fraction of sp³-hybridized carbons (Fsp3) is 0.500. The van der Waals surface area contributed by atoms with Gasteiger partial charge in [0.15, 0.2) is 0 Å². The third-order valence-corrected chi connectivity index (χ3v) is 3.66. The normalized spacial score (nSPS) is 19.9. The Bertz CT molecular complexity index is 470. The number of halogens is 3. The zero-order valence-corrected chi connectivity index (χ0v) is 11.0. The molecule has 1 unspecified atom stereocenters. The van der Waals surface area contributed by atoms with Crippen LogP contribution in [0, 0.1) is 0 Å². The van der Waals surface area contributed by atoms with E-state index in [9.17, 15) is 18.0 Å². The van der Waals surface area contributed by atoms with E-state index in [0.29, 0.717) is 13.0 Å². The Morgan fingerprint density at radius 2 is 1.90 bits per heavy atom. The van der Waals surface area contributed by atoms with Crippen molar-refractivity contribution in [2.45, 2.75) is 37.9 Å². The molecule has 0 bridgehead atoms.